The number of carbonyl (C=O) groups is 1. The first-order valence-electron chi connectivity index (χ1n) is 9.47. The van der Waals surface area contributed by atoms with E-state index < -0.39 is 36.4 Å². The second-order valence-electron chi connectivity index (χ2n) is 7.43. The number of rotatable bonds is 6. The highest BCUT2D eigenvalue weighted by Gasteiger charge is 2.27. The number of piperazine rings is 1. The number of anilines is 1. The molecular weight excluding hydrogens is 460 g/mol. The molecule has 13 heteroatoms. The van der Waals surface area contributed by atoms with Crippen LogP contribution in [0.5, 0.6) is 0 Å². The number of likely N-dealkylation sites (N-methyl/N-ethyl adjacent to an activating group) is 1. The highest BCUT2D eigenvalue weighted by molar-refractivity contribution is 7.90. The van der Waals surface area contributed by atoms with E-state index in [0.717, 1.165) is 24.5 Å². The van der Waals surface area contributed by atoms with Crippen molar-refractivity contribution in [2.75, 3.05) is 44.8 Å². The third-order valence-electron chi connectivity index (χ3n) is 5.00. The van der Waals surface area contributed by atoms with Crippen LogP contribution in [0.15, 0.2) is 52.3 Å². The molecule has 2 aromatic rings. The summed E-state index contributed by atoms with van der Waals surface area (Å²) in [6.07, 6.45) is 0.882. The van der Waals surface area contributed by atoms with Crippen LogP contribution in [0.2, 0.25) is 0 Å². The first-order valence-corrected chi connectivity index (χ1v) is 12.8. The van der Waals surface area contributed by atoms with Crippen molar-refractivity contribution in [3.63, 3.8) is 0 Å². The summed E-state index contributed by atoms with van der Waals surface area (Å²) < 4.78 is 50.6. The van der Waals surface area contributed by atoms with E-state index in [-0.39, 0.29) is 21.0 Å². The lowest BCUT2D eigenvalue weighted by Crippen LogP contribution is -2.46. The van der Waals surface area contributed by atoms with Gasteiger partial charge in [-0.05, 0) is 37.4 Å². The minimum Gasteiger partial charge on any atom is -0.322 e. The number of nitro benzene ring substituents is 1. The van der Waals surface area contributed by atoms with Gasteiger partial charge in [-0.15, -0.1) is 0 Å². The minimum atomic E-state index is -3.78. The second kappa shape index (κ2) is 8.94. The van der Waals surface area contributed by atoms with Crippen LogP contribution in [-0.4, -0.2) is 76.4 Å². The molecule has 1 aliphatic rings. The number of hydrogen-bond donors (Lipinski definition) is 1. The molecule has 0 atom stereocenters. The summed E-state index contributed by atoms with van der Waals surface area (Å²) in [7, 11) is -5.53. The molecule has 1 heterocycles. The van der Waals surface area contributed by atoms with Crippen molar-refractivity contribution < 1.29 is 26.6 Å². The standard InChI is InChI=1S/C19H22N4O7S2/c1-21-7-9-22(10-8-21)32(29,30)17-5-3-15(4-6-17)20-19(24)14-11-16(23(25)26)13-18(12-14)31(2,27)28/h3-6,11-13H,7-10H2,1-2H3,(H,20,24). The number of sulfonamides is 1. The zero-order chi connectivity index (χ0) is 23.7. The van der Waals surface area contributed by atoms with Gasteiger partial charge in [-0.2, -0.15) is 4.31 Å². The Kier molecular flexibility index (Phi) is 6.64. The van der Waals surface area contributed by atoms with Gasteiger partial charge in [0.1, 0.15) is 0 Å². The Morgan fingerprint density at radius 3 is 2.09 bits per heavy atom. The normalized spacial score (nSPS) is 15.9. The molecule has 1 amide bonds. The molecule has 2 aromatic carbocycles. The molecule has 1 aliphatic heterocycles. The molecule has 1 saturated heterocycles. The largest absolute Gasteiger partial charge is 0.322 e. The molecule has 11 nitrogen and oxygen atoms in total. The number of nitro groups is 1. The first-order chi connectivity index (χ1) is 14.9. The van der Waals surface area contributed by atoms with E-state index in [4.69, 9.17) is 0 Å². The van der Waals surface area contributed by atoms with Gasteiger partial charge in [-0.3, -0.25) is 14.9 Å². The molecule has 1 N–H and O–H groups in total. The monoisotopic (exact) mass is 482 g/mol. The van der Waals surface area contributed by atoms with Gasteiger partial charge in [-0.25, -0.2) is 16.8 Å². The highest BCUT2D eigenvalue weighted by Crippen LogP contribution is 2.23. The number of non-ortho nitro benzene ring substituents is 1. The van der Waals surface area contributed by atoms with Crippen molar-refractivity contribution >= 4 is 37.1 Å². The third-order valence-corrected chi connectivity index (χ3v) is 8.01. The molecule has 0 aliphatic carbocycles. The van der Waals surface area contributed by atoms with E-state index in [1.807, 2.05) is 11.9 Å². The molecule has 0 radical (unpaired) electrons. The molecule has 32 heavy (non-hydrogen) atoms. The fraction of sp³-hybridized carbons (Fsp3) is 0.316. The van der Waals surface area contributed by atoms with Crippen molar-refractivity contribution in [2.24, 2.45) is 0 Å². The van der Waals surface area contributed by atoms with E-state index in [9.17, 15) is 31.7 Å². The molecule has 0 aromatic heterocycles. The van der Waals surface area contributed by atoms with Gasteiger partial charge in [0, 0.05) is 55.8 Å². The zero-order valence-corrected chi connectivity index (χ0v) is 19.0. The maximum Gasteiger partial charge on any atom is 0.271 e. The summed E-state index contributed by atoms with van der Waals surface area (Å²) in [5, 5.41) is 13.6. The summed E-state index contributed by atoms with van der Waals surface area (Å²) >= 11 is 0. The number of carbonyl (C=O) groups excluding carboxylic acids is 1. The van der Waals surface area contributed by atoms with Gasteiger partial charge in [0.15, 0.2) is 9.84 Å². The quantitative estimate of drug-likeness (QED) is 0.477. The molecule has 0 unspecified atom stereocenters. The zero-order valence-electron chi connectivity index (χ0n) is 17.4. The first kappa shape index (κ1) is 23.8. The lowest BCUT2D eigenvalue weighted by Gasteiger charge is -2.31. The third kappa shape index (κ3) is 5.30. The van der Waals surface area contributed by atoms with Crippen LogP contribution in [0.3, 0.4) is 0 Å². The highest BCUT2D eigenvalue weighted by atomic mass is 32.2. The minimum absolute atomic E-state index is 0.0785. The van der Waals surface area contributed by atoms with Crippen LogP contribution in [0, 0.1) is 10.1 Å². The number of sulfone groups is 1. The topological polar surface area (TPSA) is 147 Å². The summed E-state index contributed by atoms with van der Waals surface area (Å²) in [6.45, 7) is 2.03. The van der Waals surface area contributed by atoms with Gasteiger partial charge in [0.05, 0.1) is 14.7 Å². The Bertz CT molecular complexity index is 1250. The van der Waals surface area contributed by atoms with Crippen LogP contribution >= 0.6 is 0 Å². The fourth-order valence-corrected chi connectivity index (χ4v) is 5.22. The van der Waals surface area contributed by atoms with Crippen molar-refractivity contribution in [3.05, 3.63) is 58.1 Å². The maximum atomic E-state index is 12.8. The average molecular weight is 483 g/mol. The summed E-state index contributed by atoms with van der Waals surface area (Å²) in [4.78, 5) is 24.6. The number of nitrogens with zero attached hydrogens (tertiary/aromatic N) is 3. The number of nitrogens with one attached hydrogen (secondary N) is 1. The number of hydrogen-bond acceptors (Lipinski definition) is 8. The fourth-order valence-electron chi connectivity index (χ4n) is 3.12. The van der Waals surface area contributed by atoms with E-state index in [0.29, 0.717) is 26.2 Å². The summed E-state index contributed by atoms with van der Waals surface area (Å²) in [5.74, 6) is -0.770. The predicted molar refractivity (Wildman–Crippen MR) is 117 cm³/mol. The number of amides is 1. The predicted octanol–water partition coefficient (Wildman–Crippen LogP) is 1.19. The lowest BCUT2D eigenvalue weighted by molar-refractivity contribution is -0.385. The van der Waals surface area contributed by atoms with Gasteiger partial charge in [0.2, 0.25) is 10.0 Å². The molecular formula is C19H22N4O7S2. The Labute approximate surface area is 185 Å². The van der Waals surface area contributed by atoms with Gasteiger partial charge in [0.25, 0.3) is 11.6 Å². The van der Waals surface area contributed by atoms with E-state index in [1.54, 1.807) is 0 Å². The Morgan fingerprint density at radius 1 is 0.969 bits per heavy atom. The van der Waals surface area contributed by atoms with Gasteiger partial charge < -0.3 is 10.2 Å². The van der Waals surface area contributed by atoms with Crippen molar-refractivity contribution in [2.45, 2.75) is 9.79 Å². The van der Waals surface area contributed by atoms with Crippen LogP contribution in [0.25, 0.3) is 0 Å². The van der Waals surface area contributed by atoms with Crippen LogP contribution in [0.4, 0.5) is 11.4 Å². The molecule has 0 saturated carbocycles. The van der Waals surface area contributed by atoms with Crippen LogP contribution in [0.1, 0.15) is 10.4 Å². The van der Waals surface area contributed by atoms with E-state index in [1.165, 1.54) is 28.6 Å². The Balaban J connectivity index is 1.81. The summed E-state index contributed by atoms with van der Waals surface area (Å²) in [5.41, 5.74) is -0.500. The summed E-state index contributed by atoms with van der Waals surface area (Å²) in [6, 6.07) is 8.41. The maximum absolute atomic E-state index is 12.8. The second-order valence-corrected chi connectivity index (χ2v) is 11.4. The van der Waals surface area contributed by atoms with Gasteiger partial charge >= 0.3 is 0 Å². The van der Waals surface area contributed by atoms with Crippen molar-refractivity contribution in [1.82, 2.24) is 9.21 Å². The molecule has 1 fully saturated rings. The Hall–Kier alpha value is -2.87. The van der Waals surface area contributed by atoms with Crippen molar-refractivity contribution in [3.8, 4) is 0 Å². The van der Waals surface area contributed by atoms with E-state index in [2.05, 4.69) is 5.32 Å². The van der Waals surface area contributed by atoms with Crippen LogP contribution in [-0.2, 0) is 19.9 Å². The number of benzene rings is 2. The average Bonchev–Trinajstić information content (AvgIpc) is 2.73. The Morgan fingerprint density at radius 2 is 1.56 bits per heavy atom. The lowest BCUT2D eigenvalue weighted by atomic mass is 10.2. The molecule has 3 rings (SSSR count). The van der Waals surface area contributed by atoms with Gasteiger partial charge in [-0.1, -0.05) is 0 Å². The SMILES string of the molecule is CN1CCN(S(=O)(=O)c2ccc(NC(=O)c3cc([N+](=O)[O-])cc(S(C)(=O)=O)c3)cc2)CC1. The van der Waals surface area contributed by atoms with Crippen molar-refractivity contribution in [1.29, 1.82) is 0 Å². The molecule has 0 bridgehead atoms. The van der Waals surface area contributed by atoms with Crippen LogP contribution < -0.4 is 5.32 Å². The van der Waals surface area contributed by atoms with E-state index >= 15 is 0 Å². The smallest absolute Gasteiger partial charge is 0.271 e. The molecule has 0 spiro atoms. The molecule has 172 valence electrons.